The van der Waals surface area contributed by atoms with Gasteiger partial charge in [-0.3, -0.25) is 4.79 Å². The van der Waals surface area contributed by atoms with Crippen LogP contribution in [0.25, 0.3) is 0 Å². The standard InChI is InChI=1S/C14H28N2O2/c1-11(2)10-16(7-8-18-3)14(17)13-6-4-5-12(13)9-15/h11-13H,4-10,15H2,1-3H3. The highest BCUT2D eigenvalue weighted by Crippen LogP contribution is 2.32. The van der Waals surface area contributed by atoms with Crippen LogP contribution in [0.4, 0.5) is 0 Å². The largest absolute Gasteiger partial charge is 0.383 e. The van der Waals surface area contributed by atoms with E-state index in [4.69, 9.17) is 10.5 Å². The van der Waals surface area contributed by atoms with Crippen molar-refractivity contribution in [2.24, 2.45) is 23.5 Å². The van der Waals surface area contributed by atoms with Crippen molar-refractivity contribution >= 4 is 5.91 Å². The molecule has 0 aliphatic heterocycles. The molecular formula is C14H28N2O2. The summed E-state index contributed by atoms with van der Waals surface area (Å²) in [7, 11) is 1.68. The lowest BCUT2D eigenvalue weighted by atomic mass is 9.94. The van der Waals surface area contributed by atoms with E-state index in [2.05, 4.69) is 13.8 Å². The molecule has 106 valence electrons. The van der Waals surface area contributed by atoms with Crippen molar-refractivity contribution in [3.63, 3.8) is 0 Å². The summed E-state index contributed by atoms with van der Waals surface area (Å²) in [4.78, 5) is 14.5. The van der Waals surface area contributed by atoms with Gasteiger partial charge in [0, 0.05) is 26.1 Å². The number of nitrogens with zero attached hydrogens (tertiary/aromatic N) is 1. The van der Waals surface area contributed by atoms with E-state index in [0.717, 1.165) is 25.8 Å². The molecule has 1 amide bonds. The van der Waals surface area contributed by atoms with Crippen LogP contribution in [-0.4, -0.2) is 44.2 Å². The Balaban J connectivity index is 2.62. The second-order valence-corrected chi connectivity index (χ2v) is 5.70. The van der Waals surface area contributed by atoms with Gasteiger partial charge in [-0.1, -0.05) is 20.3 Å². The molecule has 0 aromatic carbocycles. The highest BCUT2D eigenvalue weighted by atomic mass is 16.5. The van der Waals surface area contributed by atoms with Crippen molar-refractivity contribution in [1.29, 1.82) is 0 Å². The van der Waals surface area contributed by atoms with Crippen molar-refractivity contribution in [3.05, 3.63) is 0 Å². The highest BCUT2D eigenvalue weighted by molar-refractivity contribution is 5.79. The van der Waals surface area contributed by atoms with E-state index in [-0.39, 0.29) is 11.8 Å². The molecule has 0 spiro atoms. The van der Waals surface area contributed by atoms with Crippen LogP contribution in [0.1, 0.15) is 33.1 Å². The minimum atomic E-state index is 0.144. The van der Waals surface area contributed by atoms with Gasteiger partial charge in [0.05, 0.1) is 6.61 Å². The average molecular weight is 256 g/mol. The Labute approximate surface area is 111 Å². The molecule has 1 aliphatic rings. The molecule has 0 aromatic heterocycles. The van der Waals surface area contributed by atoms with Gasteiger partial charge >= 0.3 is 0 Å². The zero-order valence-corrected chi connectivity index (χ0v) is 12.0. The van der Waals surface area contributed by atoms with E-state index in [0.29, 0.717) is 31.5 Å². The highest BCUT2D eigenvalue weighted by Gasteiger charge is 2.34. The van der Waals surface area contributed by atoms with Crippen LogP contribution in [0.5, 0.6) is 0 Å². The predicted octanol–water partition coefficient (Wildman–Crippen LogP) is 1.49. The zero-order chi connectivity index (χ0) is 13.5. The number of amides is 1. The van der Waals surface area contributed by atoms with Crippen molar-refractivity contribution in [2.75, 3.05) is 33.4 Å². The number of nitrogens with two attached hydrogens (primary N) is 1. The Morgan fingerprint density at radius 2 is 2.17 bits per heavy atom. The Bertz CT molecular complexity index is 256. The molecule has 0 aromatic rings. The maximum Gasteiger partial charge on any atom is 0.226 e. The first-order chi connectivity index (χ1) is 8.60. The van der Waals surface area contributed by atoms with Gasteiger partial charge in [0.1, 0.15) is 0 Å². The second-order valence-electron chi connectivity index (χ2n) is 5.70. The molecule has 0 saturated heterocycles. The summed E-state index contributed by atoms with van der Waals surface area (Å²) in [5.74, 6) is 1.30. The lowest BCUT2D eigenvalue weighted by Crippen LogP contribution is -2.42. The fourth-order valence-electron chi connectivity index (χ4n) is 2.81. The Kier molecular flexibility index (Phi) is 6.65. The number of hydrogen-bond acceptors (Lipinski definition) is 3. The molecule has 4 heteroatoms. The average Bonchev–Trinajstić information content (AvgIpc) is 2.81. The molecule has 4 nitrogen and oxygen atoms in total. The maximum atomic E-state index is 12.6. The van der Waals surface area contributed by atoms with Crippen LogP contribution in [0.2, 0.25) is 0 Å². The molecule has 2 unspecified atom stereocenters. The molecular weight excluding hydrogens is 228 g/mol. The van der Waals surface area contributed by atoms with Crippen LogP contribution in [0.15, 0.2) is 0 Å². The first-order valence-corrected chi connectivity index (χ1v) is 7.08. The minimum absolute atomic E-state index is 0.144. The molecule has 1 rings (SSSR count). The molecule has 2 atom stereocenters. The summed E-state index contributed by atoms with van der Waals surface area (Å²) >= 11 is 0. The third kappa shape index (κ3) is 4.25. The zero-order valence-electron chi connectivity index (χ0n) is 12.0. The quantitative estimate of drug-likeness (QED) is 0.751. The number of ether oxygens (including phenoxy) is 1. The van der Waals surface area contributed by atoms with E-state index in [1.807, 2.05) is 4.90 Å². The molecule has 0 bridgehead atoms. The van der Waals surface area contributed by atoms with Crippen LogP contribution in [0.3, 0.4) is 0 Å². The SMILES string of the molecule is COCCN(CC(C)C)C(=O)C1CCCC1CN. The number of hydrogen-bond donors (Lipinski definition) is 1. The molecule has 0 radical (unpaired) electrons. The lowest BCUT2D eigenvalue weighted by Gasteiger charge is -2.29. The van der Waals surface area contributed by atoms with E-state index in [1.165, 1.54) is 0 Å². The molecule has 1 aliphatic carbocycles. The second kappa shape index (κ2) is 7.74. The smallest absolute Gasteiger partial charge is 0.226 e. The van der Waals surface area contributed by atoms with E-state index in [9.17, 15) is 4.79 Å². The summed E-state index contributed by atoms with van der Waals surface area (Å²) in [6.45, 7) is 7.04. The maximum absolute atomic E-state index is 12.6. The summed E-state index contributed by atoms with van der Waals surface area (Å²) in [5, 5.41) is 0. The summed E-state index contributed by atoms with van der Waals surface area (Å²) in [5.41, 5.74) is 5.77. The number of carbonyl (C=O) groups is 1. The van der Waals surface area contributed by atoms with Crippen molar-refractivity contribution in [1.82, 2.24) is 4.90 Å². The summed E-state index contributed by atoms with van der Waals surface area (Å²) < 4.78 is 5.10. The van der Waals surface area contributed by atoms with E-state index >= 15 is 0 Å². The topological polar surface area (TPSA) is 55.6 Å². The van der Waals surface area contributed by atoms with Gasteiger partial charge in [-0.15, -0.1) is 0 Å². The van der Waals surface area contributed by atoms with Crippen LogP contribution in [0, 0.1) is 17.8 Å². The van der Waals surface area contributed by atoms with Gasteiger partial charge in [-0.2, -0.15) is 0 Å². The third-order valence-corrected chi connectivity index (χ3v) is 3.74. The molecule has 18 heavy (non-hydrogen) atoms. The predicted molar refractivity (Wildman–Crippen MR) is 73.2 cm³/mol. The fraction of sp³-hybridized carbons (Fsp3) is 0.929. The Morgan fingerprint density at radius 1 is 1.44 bits per heavy atom. The van der Waals surface area contributed by atoms with E-state index in [1.54, 1.807) is 7.11 Å². The Morgan fingerprint density at radius 3 is 2.72 bits per heavy atom. The van der Waals surface area contributed by atoms with Crippen LogP contribution in [-0.2, 0) is 9.53 Å². The normalized spacial score (nSPS) is 23.6. The van der Waals surface area contributed by atoms with Gasteiger partial charge in [0.25, 0.3) is 0 Å². The molecule has 1 fully saturated rings. The van der Waals surface area contributed by atoms with Gasteiger partial charge in [0.2, 0.25) is 5.91 Å². The summed E-state index contributed by atoms with van der Waals surface area (Å²) in [6.07, 6.45) is 3.24. The van der Waals surface area contributed by atoms with Gasteiger partial charge < -0.3 is 15.4 Å². The van der Waals surface area contributed by atoms with E-state index < -0.39 is 0 Å². The fourth-order valence-corrected chi connectivity index (χ4v) is 2.81. The van der Waals surface area contributed by atoms with Crippen molar-refractivity contribution in [2.45, 2.75) is 33.1 Å². The molecule has 2 N–H and O–H groups in total. The third-order valence-electron chi connectivity index (χ3n) is 3.74. The number of carbonyl (C=O) groups excluding carboxylic acids is 1. The minimum Gasteiger partial charge on any atom is -0.383 e. The molecule has 0 heterocycles. The van der Waals surface area contributed by atoms with Gasteiger partial charge in [-0.25, -0.2) is 0 Å². The van der Waals surface area contributed by atoms with Gasteiger partial charge in [0.15, 0.2) is 0 Å². The lowest BCUT2D eigenvalue weighted by molar-refractivity contribution is -0.137. The monoisotopic (exact) mass is 256 g/mol. The van der Waals surface area contributed by atoms with Crippen molar-refractivity contribution in [3.8, 4) is 0 Å². The summed E-state index contributed by atoms with van der Waals surface area (Å²) in [6, 6.07) is 0. The number of methoxy groups -OCH3 is 1. The molecule has 1 saturated carbocycles. The number of rotatable bonds is 7. The first kappa shape index (κ1) is 15.4. The van der Waals surface area contributed by atoms with Crippen LogP contribution >= 0.6 is 0 Å². The van der Waals surface area contributed by atoms with Crippen molar-refractivity contribution < 1.29 is 9.53 Å². The van der Waals surface area contributed by atoms with Crippen LogP contribution < -0.4 is 5.73 Å². The Hall–Kier alpha value is -0.610. The van der Waals surface area contributed by atoms with Gasteiger partial charge in [-0.05, 0) is 31.2 Å². The first-order valence-electron chi connectivity index (χ1n) is 7.08.